The van der Waals surface area contributed by atoms with E-state index in [0.29, 0.717) is 25.5 Å². The number of piperidine rings is 1. The minimum atomic E-state index is -4.52. The van der Waals surface area contributed by atoms with E-state index in [1.807, 2.05) is 16.7 Å². The molecule has 0 radical (unpaired) electrons. The van der Waals surface area contributed by atoms with Gasteiger partial charge in [0.15, 0.2) is 5.69 Å². The number of hydrogen-bond acceptors (Lipinski definition) is 5. The Labute approximate surface area is 149 Å². The standard InChI is InChI=1S/C17H21F3N4O2/c1-9-3-2-4-24(9)16-21-13(17(18,19)20)6-14(22-16)23-7-11-10(5-15(25)26)12(11)8-23/h6,9-12H,2-5,7-8H2,1H3,(H,25,26)/t9-,10?,11-,12+/m0/s1. The molecule has 0 amide bonds. The second-order valence-corrected chi connectivity index (χ2v) is 7.59. The van der Waals surface area contributed by atoms with Gasteiger partial charge in [0.1, 0.15) is 5.82 Å². The van der Waals surface area contributed by atoms with Crippen LogP contribution in [0, 0.1) is 17.8 Å². The zero-order valence-corrected chi connectivity index (χ0v) is 14.4. The molecule has 4 rings (SSSR count). The van der Waals surface area contributed by atoms with Gasteiger partial charge in [-0.25, -0.2) is 4.98 Å². The molecule has 9 heteroatoms. The van der Waals surface area contributed by atoms with Gasteiger partial charge in [0, 0.05) is 38.2 Å². The van der Waals surface area contributed by atoms with Crippen molar-refractivity contribution >= 4 is 17.7 Å². The van der Waals surface area contributed by atoms with Gasteiger partial charge in [-0.2, -0.15) is 18.2 Å². The van der Waals surface area contributed by atoms with Crippen LogP contribution in [0.1, 0.15) is 31.9 Å². The fourth-order valence-electron chi connectivity index (χ4n) is 4.43. The second kappa shape index (κ2) is 5.99. The molecule has 1 saturated carbocycles. The molecule has 1 unspecified atom stereocenters. The average molecular weight is 370 g/mol. The van der Waals surface area contributed by atoms with Crippen LogP contribution in [0.5, 0.6) is 0 Å². The number of aromatic nitrogens is 2. The monoisotopic (exact) mass is 370 g/mol. The van der Waals surface area contributed by atoms with Crippen molar-refractivity contribution in [1.29, 1.82) is 0 Å². The first-order valence-electron chi connectivity index (χ1n) is 8.93. The molecule has 1 aromatic heterocycles. The molecule has 1 aromatic rings. The second-order valence-electron chi connectivity index (χ2n) is 7.59. The number of alkyl halides is 3. The number of carbonyl (C=O) groups is 1. The summed E-state index contributed by atoms with van der Waals surface area (Å²) >= 11 is 0. The van der Waals surface area contributed by atoms with Crippen molar-refractivity contribution in [2.24, 2.45) is 17.8 Å². The maximum Gasteiger partial charge on any atom is 0.433 e. The Hall–Kier alpha value is -2.06. The van der Waals surface area contributed by atoms with Gasteiger partial charge in [-0.1, -0.05) is 0 Å². The maximum absolute atomic E-state index is 13.3. The van der Waals surface area contributed by atoms with Crippen molar-refractivity contribution in [3.8, 4) is 0 Å². The van der Waals surface area contributed by atoms with E-state index in [-0.39, 0.29) is 36.2 Å². The molecule has 3 heterocycles. The van der Waals surface area contributed by atoms with Crippen molar-refractivity contribution in [1.82, 2.24) is 9.97 Å². The quantitative estimate of drug-likeness (QED) is 0.879. The smallest absolute Gasteiger partial charge is 0.433 e. The highest BCUT2D eigenvalue weighted by atomic mass is 19.4. The molecule has 6 nitrogen and oxygen atoms in total. The largest absolute Gasteiger partial charge is 0.481 e. The molecule has 1 aliphatic carbocycles. The molecule has 0 spiro atoms. The first-order valence-corrected chi connectivity index (χ1v) is 8.93. The third kappa shape index (κ3) is 3.07. The lowest BCUT2D eigenvalue weighted by Crippen LogP contribution is -2.31. The summed E-state index contributed by atoms with van der Waals surface area (Å²) in [6.07, 6.45) is -2.55. The van der Waals surface area contributed by atoms with Crippen LogP contribution in [-0.4, -0.2) is 46.7 Å². The number of carboxylic acids is 1. The van der Waals surface area contributed by atoms with E-state index < -0.39 is 17.8 Å². The van der Waals surface area contributed by atoms with Crippen molar-refractivity contribution in [2.45, 2.75) is 38.4 Å². The minimum Gasteiger partial charge on any atom is -0.481 e. The summed E-state index contributed by atoms with van der Waals surface area (Å²) in [4.78, 5) is 22.7. The molecule has 3 aliphatic rings. The van der Waals surface area contributed by atoms with E-state index in [9.17, 15) is 18.0 Å². The fraction of sp³-hybridized carbons (Fsp3) is 0.706. The first-order chi connectivity index (χ1) is 12.2. The van der Waals surface area contributed by atoms with Crippen LogP contribution in [-0.2, 0) is 11.0 Å². The highest BCUT2D eigenvalue weighted by Gasteiger charge is 2.56. The summed E-state index contributed by atoms with van der Waals surface area (Å²) in [5.74, 6) is 0.243. The molecule has 4 atom stereocenters. The van der Waals surface area contributed by atoms with E-state index in [1.165, 1.54) is 0 Å². The van der Waals surface area contributed by atoms with Crippen LogP contribution in [0.15, 0.2) is 6.07 Å². The molecule has 0 aromatic carbocycles. The van der Waals surface area contributed by atoms with Gasteiger partial charge in [0.2, 0.25) is 5.95 Å². The van der Waals surface area contributed by atoms with Crippen molar-refractivity contribution in [3.63, 3.8) is 0 Å². The van der Waals surface area contributed by atoms with Crippen LogP contribution < -0.4 is 9.80 Å². The Bertz CT molecular complexity index is 714. The van der Waals surface area contributed by atoms with Crippen LogP contribution in [0.4, 0.5) is 24.9 Å². The topological polar surface area (TPSA) is 69.6 Å². The Morgan fingerprint density at radius 1 is 1.31 bits per heavy atom. The number of halogens is 3. The van der Waals surface area contributed by atoms with Crippen LogP contribution in [0.2, 0.25) is 0 Å². The molecule has 3 fully saturated rings. The van der Waals surface area contributed by atoms with Gasteiger partial charge in [0.05, 0.1) is 0 Å². The van der Waals surface area contributed by atoms with Crippen molar-refractivity contribution in [2.75, 3.05) is 29.4 Å². The average Bonchev–Trinajstić information content (AvgIpc) is 2.95. The van der Waals surface area contributed by atoms with Gasteiger partial charge in [-0.15, -0.1) is 0 Å². The maximum atomic E-state index is 13.3. The number of hydrogen-bond donors (Lipinski definition) is 1. The van der Waals surface area contributed by atoms with E-state index in [1.54, 1.807) is 0 Å². The van der Waals surface area contributed by atoms with E-state index in [2.05, 4.69) is 9.97 Å². The number of nitrogens with zero attached hydrogens (tertiary/aromatic N) is 4. The molecular weight excluding hydrogens is 349 g/mol. The van der Waals surface area contributed by atoms with E-state index in [0.717, 1.165) is 18.9 Å². The Morgan fingerprint density at radius 2 is 2.00 bits per heavy atom. The predicted molar refractivity (Wildman–Crippen MR) is 88.0 cm³/mol. The minimum absolute atomic E-state index is 0.123. The number of rotatable bonds is 4. The molecule has 142 valence electrons. The van der Waals surface area contributed by atoms with Crippen molar-refractivity contribution < 1.29 is 23.1 Å². The molecule has 1 N–H and O–H groups in total. The Balaban J connectivity index is 1.58. The van der Waals surface area contributed by atoms with Crippen LogP contribution in [0.3, 0.4) is 0 Å². The third-order valence-corrected chi connectivity index (χ3v) is 5.91. The number of aliphatic carboxylic acids is 1. The van der Waals surface area contributed by atoms with Crippen molar-refractivity contribution in [3.05, 3.63) is 11.8 Å². The van der Waals surface area contributed by atoms with Gasteiger partial charge in [0.25, 0.3) is 0 Å². The van der Waals surface area contributed by atoms with Crippen LogP contribution in [0.25, 0.3) is 0 Å². The molecule has 26 heavy (non-hydrogen) atoms. The summed E-state index contributed by atoms with van der Waals surface area (Å²) < 4.78 is 40.0. The number of fused-ring (bicyclic) bond motifs is 1. The van der Waals surface area contributed by atoms with Crippen LogP contribution >= 0.6 is 0 Å². The summed E-state index contributed by atoms with van der Waals surface area (Å²) in [5, 5.41) is 8.91. The van der Waals surface area contributed by atoms with E-state index in [4.69, 9.17) is 5.11 Å². The normalized spacial score (nSPS) is 30.6. The lowest BCUT2D eigenvalue weighted by Gasteiger charge is -2.26. The highest BCUT2D eigenvalue weighted by molar-refractivity contribution is 5.68. The fourth-order valence-corrected chi connectivity index (χ4v) is 4.43. The lowest BCUT2D eigenvalue weighted by molar-refractivity contribution is -0.141. The Kier molecular flexibility index (Phi) is 4.00. The van der Waals surface area contributed by atoms with Gasteiger partial charge >= 0.3 is 12.1 Å². The highest BCUT2D eigenvalue weighted by Crippen LogP contribution is 2.54. The lowest BCUT2D eigenvalue weighted by atomic mass is 10.2. The number of anilines is 2. The number of carboxylic acid groups (broad SMARTS) is 1. The first kappa shape index (κ1) is 17.4. The van der Waals surface area contributed by atoms with Gasteiger partial charge in [-0.05, 0) is 37.5 Å². The summed E-state index contributed by atoms with van der Waals surface area (Å²) in [6, 6.07) is 1.14. The summed E-state index contributed by atoms with van der Waals surface area (Å²) in [5.41, 5.74) is -0.917. The van der Waals surface area contributed by atoms with Gasteiger partial charge < -0.3 is 14.9 Å². The molecule has 0 bridgehead atoms. The summed E-state index contributed by atoms with van der Waals surface area (Å²) in [7, 11) is 0. The van der Waals surface area contributed by atoms with E-state index >= 15 is 0 Å². The van der Waals surface area contributed by atoms with Gasteiger partial charge in [-0.3, -0.25) is 4.79 Å². The Morgan fingerprint density at radius 3 is 2.54 bits per heavy atom. The zero-order valence-electron chi connectivity index (χ0n) is 14.4. The third-order valence-electron chi connectivity index (χ3n) is 5.91. The molecule has 2 aliphatic heterocycles. The molecule has 2 saturated heterocycles. The molecular formula is C17H21F3N4O2. The SMILES string of the molecule is C[C@H]1CCCN1c1nc(N2C[C@@H]3C(CC(=O)O)[C@@H]3C2)cc(C(F)(F)F)n1. The predicted octanol–water partition coefficient (Wildman–Crippen LogP) is 2.64. The summed E-state index contributed by atoms with van der Waals surface area (Å²) in [6.45, 7) is 3.75. The zero-order chi connectivity index (χ0) is 18.6.